The predicted octanol–water partition coefficient (Wildman–Crippen LogP) is 3.95. The maximum atomic E-state index is 6.19. The Bertz CT molecular complexity index is 928. The summed E-state index contributed by atoms with van der Waals surface area (Å²) in [5, 5.41) is 0. The lowest BCUT2D eigenvalue weighted by Gasteiger charge is -2.16. The van der Waals surface area contributed by atoms with Crippen molar-refractivity contribution in [3.05, 3.63) is 106 Å². The first-order valence-electron chi connectivity index (χ1n) is 10.2. The summed E-state index contributed by atoms with van der Waals surface area (Å²) in [6.45, 7) is 4.16. The number of rotatable bonds is 4. The minimum atomic E-state index is -0.237. The Morgan fingerprint density at radius 1 is 0.500 bits per heavy atom. The lowest BCUT2D eigenvalue weighted by atomic mass is 10.1. The summed E-state index contributed by atoms with van der Waals surface area (Å²) in [5.41, 5.74) is 19.7. The molecule has 4 unspecified atom stereocenters. The van der Waals surface area contributed by atoms with E-state index in [2.05, 4.69) is 102 Å². The molecule has 4 atom stereocenters. The van der Waals surface area contributed by atoms with Gasteiger partial charge in [-0.25, -0.2) is 21.7 Å². The highest BCUT2D eigenvalue weighted by Gasteiger charge is 2.29. The molecule has 0 amide bonds. The molecular formula is C24H26N4O2. The van der Waals surface area contributed by atoms with Gasteiger partial charge in [-0.15, -0.1) is 0 Å². The standard InChI is InChI=1S/C24H26N4O2/c1-15-6-10-17(11-7-15)21-25-27-23(29-21)19-4-3-5-20(14-19)24-28-26-22(30-24)18-12-8-16(2)9-13-18/h3-14,21-28H,1-2H3. The summed E-state index contributed by atoms with van der Waals surface area (Å²) in [7, 11) is 0. The largest absolute Gasteiger partial charge is 0.334 e. The van der Waals surface area contributed by atoms with Crippen LogP contribution in [-0.2, 0) is 9.47 Å². The van der Waals surface area contributed by atoms with Crippen LogP contribution in [-0.4, -0.2) is 0 Å². The molecule has 2 saturated heterocycles. The van der Waals surface area contributed by atoms with E-state index in [9.17, 15) is 0 Å². The van der Waals surface area contributed by atoms with Crippen molar-refractivity contribution in [1.29, 1.82) is 0 Å². The molecule has 0 aliphatic carbocycles. The van der Waals surface area contributed by atoms with Gasteiger partial charge < -0.3 is 9.47 Å². The number of aryl methyl sites for hydroxylation is 2. The van der Waals surface area contributed by atoms with Crippen molar-refractivity contribution in [2.75, 3.05) is 0 Å². The quantitative estimate of drug-likeness (QED) is 0.530. The molecule has 2 aliphatic rings. The van der Waals surface area contributed by atoms with E-state index in [0.29, 0.717) is 0 Å². The molecule has 2 fully saturated rings. The molecular weight excluding hydrogens is 376 g/mol. The second-order valence-electron chi connectivity index (χ2n) is 7.86. The molecule has 30 heavy (non-hydrogen) atoms. The van der Waals surface area contributed by atoms with E-state index in [0.717, 1.165) is 22.3 Å². The Labute approximate surface area is 176 Å². The third-order valence-electron chi connectivity index (χ3n) is 5.51. The van der Waals surface area contributed by atoms with Gasteiger partial charge in [0.1, 0.15) is 24.9 Å². The smallest absolute Gasteiger partial charge is 0.149 e. The van der Waals surface area contributed by atoms with E-state index in [-0.39, 0.29) is 24.9 Å². The van der Waals surface area contributed by atoms with Gasteiger partial charge in [-0.05, 0) is 42.2 Å². The van der Waals surface area contributed by atoms with Crippen LogP contribution in [0.5, 0.6) is 0 Å². The van der Waals surface area contributed by atoms with Gasteiger partial charge in [0, 0.05) is 0 Å². The van der Waals surface area contributed by atoms with Crippen LogP contribution in [0, 0.1) is 13.8 Å². The Morgan fingerprint density at radius 3 is 1.27 bits per heavy atom. The van der Waals surface area contributed by atoms with Crippen LogP contribution in [0.25, 0.3) is 0 Å². The van der Waals surface area contributed by atoms with Crippen molar-refractivity contribution in [3.8, 4) is 0 Å². The van der Waals surface area contributed by atoms with Crippen molar-refractivity contribution in [2.24, 2.45) is 0 Å². The van der Waals surface area contributed by atoms with Gasteiger partial charge in [0.25, 0.3) is 0 Å². The Kier molecular flexibility index (Phi) is 5.35. The molecule has 0 aromatic heterocycles. The Balaban J connectivity index is 1.27. The van der Waals surface area contributed by atoms with Crippen molar-refractivity contribution in [1.82, 2.24) is 21.7 Å². The Hall–Kier alpha value is -2.58. The van der Waals surface area contributed by atoms with Gasteiger partial charge in [0.2, 0.25) is 0 Å². The summed E-state index contributed by atoms with van der Waals surface area (Å²) < 4.78 is 12.4. The molecule has 6 nitrogen and oxygen atoms in total. The molecule has 0 bridgehead atoms. The minimum absolute atomic E-state index is 0.187. The van der Waals surface area contributed by atoms with Crippen LogP contribution in [0.2, 0.25) is 0 Å². The van der Waals surface area contributed by atoms with Crippen LogP contribution in [0.1, 0.15) is 58.3 Å². The number of benzene rings is 3. The SMILES string of the molecule is Cc1ccc(C2NNC(c3cccc(C4NNC(c5ccc(C)cc5)O4)c3)O2)cc1. The second kappa shape index (κ2) is 8.28. The average molecular weight is 402 g/mol. The zero-order valence-electron chi connectivity index (χ0n) is 17.1. The van der Waals surface area contributed by atoms with Gasteiger partial charge in [-0.3, -0.25) is 0 Å². The molecule has 5 rings (SSSR count). The normalized spacial score (nSPS) is 26.2. The van der Waals surface area contributed by atoms with E-state index < -0.39 is 0 Å². The molecule has 4 N–H and O–H groups in total. The zero-order valence-corrected chi connectivity index (χ0v) is 17.1. The van der Waals surface area contributed by atoms with Gasteiger partial charge >= 0.3 is 0 Å². The molecule has 2 heterocycles. The highest BCUT2D eigenvalue weighted by molar-refractivity contribution is 5.29. The fourth-order valence-corrected chi connectivity index (χ4v) is 3.73. The second-order valence-corrected chi connectivity index (χ2v) is 7.86. The fraction of sp³-hybridized carbons (Fsp3) is 0.250. The minimum Gasteiger partial charge on any atom is -0.334 e. The van der Waals surface area contributed by atoms with Crippen molar-refractivity contribution in [2.45, 2.75) is 38.8 Å². The lowest BCUT2D eigenvalue weighted by molar-refractivity contribution is 0.0305. The summed E-state index contributed by atoms with van der Waals surface area (Å²) in [6.07, 6.45) is -0.850. The molecule has 6 heteroatoms. The molecule has 0 spiro atoms. The molecule has 154 valence electrons. The topological polar surface area (TPSA) is 66.6 Å². The van der Waals surface area contributed by atoms with Gasteiger partial charge in [-0.2, -0.15) is 0 Å². The lowest BCUT2D eigenvalue weighted by Crippen LogP contribution is -2.27. The molecule has 0 radical (unpaired) electrons. The van der Waals surface area contributed by atoms with Crippen LogP contribution < -0.4 is 21.7 Å². The Morgan fingerprint density at radius 2 is 0.867 bits per heavy atom. The first-order chi connectivity index (χ1) is 14.7. The monoisotopic (exact) mass is 402 g/mol. The molecule has 3 aromatic rings. The number of ether oxygens (including phenoxy) is 2. The summed E-state index contributed by atoms with van der Waals surface area (Å²) >= 11 is 0. The highest BCUT2D eigenvalue weighted by atomic mass is 16.6. The zero-order chi connectivity index (χ0) is 20.5. The third-order valence-corrected chi connectivity index (χ3v) is 5.51. The maximum Gasteiger partial charge on any atom is 0.149 e. The summed E-state index contributed by atoms with van der Waals surface area (Å²) in [4.78, 5) is 0. The number of hydrogen-bond acceptors (Lipinski definition) is 6. The fourth-order valence-electron chi connectivity index (χ4n) is 3.73. The number of hydrazine groups is 2. The first-order valence-corrected chi connectivity index (χ1v) is 10.2. The van der Waals surface area contributed by atoms with Crippen LogP contribution in [0.4, 0.5) is 0 Å². The van der Waals surface area contributed by atoms with Crippen LogP contribution in [0.15, 0.2) is 72.8 Å². The number of nitrogens with one attached hydrogen (secondary N) is 4. The van der Waals surface area contributed by atoms with E-state index >= 15 is 0 Å². The summed E-state index contributed by atoms with van der Waals surface area (Å²) in [5.74, 6) is 0. The van der Waals surface area contributed by atoms with Gasteiger partial charge in [-0.1, -0.05) is 77.9 Å². The van der Waals surface area contributed by atoms with Gasteiger partial charge in [0.05, 0.1) is 0 Å². The predicted molar refractivity (Wildman–Crippen MR) is 114 cm³/mol. The van der Waals surface area contributed by atoms with E-state index in [4.69, 9.17) is 9.47 Å². The highest BCUT2D eigenvalue weighted by Crippen LogP contribution is 2.32. The molecule has 2 aliphatic heterocycles. The van der Waals surface area contributed by atoms with Crippen LogP contribution >= 0.6 is 0 Å². The van der Waals surface area contributed by atoms with Crippen LogP contribution in [0.3, 0.4) is 0 Å². The van der Waals surface area contributed by atoms with Gasteiger partial charge in [0.15, 0.2) is 0 Å². The van der Waals surface area contributed by atoms with Crippen molar-refractivity contribution < 1.29 is 9.47 Å². The van der Waals surface area contributed by atoms with E-state index in [1.807, 2.05) is 6.07 Å². The molecule has 3 aromatic carbocycles. The van der Waals surface area contributed by atoms with E-state index in [1.165, 1.54) is 11.1 Å². The maximum absolute atomic E-state index is 6.19. The van der Waals surface area contributed by atoms with Crippen molar-refractivity contribution in [3.63, 3.8) is 0 Å². The van der Waals surface area contributed by atoms with Crippen molar-refractivity contribution >= 4 is 0 Å². The average Bonchev–Trinajstić information content (AvgIpc) is 3.45. The summed E-state index contributed by atoms with van der Waals surface area (Å²) in [6, 6.07) is 24.9. The third kappa shape index (κ3) is 4.02. The molecule has 0 saturated carbocycles. The number of hydrogen-bond donors (Lipinski definition) is 4. The van der Waals surface area contributed by atoms with E-state index in [1.54, 1.807) is 0 Å². The first kappa shape index (κ1) is 19.4.